The van der Waals surface area contributed by atoms with Gasteiger partial charge in [0.1, 0.15) is 5.82 Å². The first kappa shape index (κ1) is 24.8. The van der Waals surface area contributed by atoms with Crippen molar-refractivity contribution in [3.8, 4) is 28.7 Å². The van der Waals surface area contributed by atoms with Crippen molar-refractivity contribution in [2.45, 2.75) is 12.0 Å². The van der Waals surface area contributed by atoms with Crippen LogP contribution in [0.15, 0.2) is 48.5 Å². The lowest BCUT2D eigenvalue weighted by molar-refractivity contribution is -0.141. The Bertz CT molecular complexity index is 1450. The number of hydrogen-bond acceptors (Lipinski definition) is 8. The lowest BCUT2D eigenvalue weighted by Crippen LogP contribution is -2.42. The number of cyclic esters (lactones) is 1. The number of fused-ring (bicyclic) bond motifs is 3. The van der Waals surface area contributed by atoms with E-state index in [1.165, 1.54) is 45.6 Å². The van der Waals surface area contributed by atoms with Gasteiger partial charge in [-0.25, -0.2) is 4.39 Å². The van der Waals surface area contributed by atoms with Crippen LogP contribution >= 0.6 is 0 Å². The number of ether oxygens (including phenoxy) is 6. The first-order chi connectivity index (χ1) is 18.9. The maximum atomic E-state index is 13.9. The summed E-state index contributed by atoms with van der Waals surface area (Å²) < 4.78 is 47.5. The highest BCUT2D eigenvalue weighted by Crippen LogP contribution is 2.55. The summed E-state index contributed by atoms with van der Waals surface area (Å²) >= 11 is 0. The number of hydrogen-bond donors (Lipinski definition) is 1. The summed E-state index contributed by atoms with van der Waals surface area (Å²) in [5, 5.41) is 3.03. The quantitative estimate of drug-likeness (QED) is 0.473. The van der Waals surface area contributed by atoms with E-state index in [-0.39, 0.29) is 24.9 Å². The van der Waals surface area contributed by atoms with Crippen molar-refractivity contribution in [3.05, 3.63) is 76.6 Å². The fourth-order valence-electron chi connectivity index (χ4n) is 5.88. The minimum absolute atomic E-state index is 0.0578. The van der Waals surface area contributed by atoms with Crippen molar-refractivity contribution >= 4 is 11.9 Å². The molecule has 1 fully saturated rings. The van der Waals surface area contributed by atoms with Crippen LogP contribution in [-0.4, -0.2) is 46.6 Å². The van der Waals surface area contributed by atoms with E-state index in [1.54, 1.807) is 0 Å². The summed E-state index contributed by atoms with van der Waals surface area (Å²) in [6.45, 7) is 0.161. The number of nitrogens with one attached hydrogen (secondary N) is 1. The molecule has 0 bridgehead atoms. The van der Waals surface area contributed by atoms with E-state index in [0.717, 1.165) is 16.7 Å². The average Bonchev–Trinajstić information content (AvgIpc) is 3.57. The molecule has 2 heterocycles. The van der Waals surface area contributed by atoms with E-state index in [9.17, 15) is 14.0 Å². The lowest BCUT2D eigenvalue weighted by Gasteiger charge is -2.39. The molecule has 1 N–H and O–H groups in total. The van der Waals surface area contributed by atoms with Crippen molar-refractivity contribution in [2.24, 2.45) is 11.8 Å². The average molecular weight is 536 g/mol. The smallest absolute Gasteiger partial charge is 0.310 e. The molecule has 1 aliphatic carbocycles. The maximum Gasteiger partial charge on any atom is 0.310 e. The second-order valence-corrected chi connectivity index (χ2v) is 9.55. The molecule has 4 atom stereocenters. The summed E-state index contributed by atoms with van der Waals surface area (Å²) in [5.41, 5.74) is 2.43. The number of benzene rings is 3. The summed E-state index contributed by atoms with van der Waals surface area (Å²) in [5.74, 6) is -0.518. The summed E-state index contributed by atoms with van der Waals surface area (Å²) in [6.07, 6.45) is 0. The van der Waals surface area contributed by atoms with Crippen LogP contribution < -0.4 is 29.0 Å². The predicted molar refractivity (Wildman–Crippen MR) is 135 cm³/mol. The standard InChI is InChI=1S/C29H26FNO8/c1-34-22-8-15(9-23(35-2)27(22)36-3)24-17-10-20-21(39-13-38-20)11-18(17)26(19-12-37-29(33)25(19)24)31-28(32)14-5-4-6-16(30)7-14/h4-11,19,24-26H,12-13H2,1-3H3,(H,31,32)/t19-,24+,25-,26+/m0/s1. The molecular formula is C29H26FNO8. The molecule has 0 radical (unpaired) electrons. The molecule has 6 rings (SSSR count). The van der Waals surface area contributed by atoms with Gasteiger partial charge in [0.15, 0.2) is 23.0 Å². The molecule has 39 heavy (non-hydrogen) atoms. The third-order valence-electron chi connectivity index (χ3n) is 7.61. The van der Waals surface area contributed by atoms with Crippen molar-refractivity contribution < 1.29 is 42.4 Å². The summed E-state index contributed by atoms with van der Waals surface area (Å²) in [6, 6.07) is 12.1. The predicted octanol–water partition coefficient (Wildman–Crippen LogP) is 3.99. The van der Waals surface area contributed by atoms with E-state index in [0.29, 0.717) is 28.7 Å². The van der Waals surface area contributed by atoms with Crippen molar-refractivity contribution in [1.29, 1.82) is 0 Å². The Morgan fingerprint density at radius 2 is 1.62 bits per heavy atom. The third kappa shape index (κ3) is 4.07. The molecule has 10 heteroatoms. The normalized spacial score (nSPS) is 22.4. The van der Waals surface area contributed by atoms with E-state index >= 15 is 0 Å². The van der Waals surface area contributed by atoms with Gasteiger partial charge in [0.25, 0.3) is 5.91 Å². The minimum atomic E-state index is -0.640. The molecule has 0 aromatic heterocycles. The lowest BCUT2D eigenvalue weighted by atomic mass is 9.65. The number of carbonyl (C=O) groups excluding carboxylic acids is 2. The molecule has 9 nitrogen and oxygen atoms in total. The molecule has 0 spiro atoms. The van der Waals surface area contributed by atoms with Crippen molar-refractivity contribution in [2.75, 3.05) is 34.7 Å². The molecular weight excluding hydrogens is 509 g/mol. The molecule has 0 saturated carbocycles. The van der Waals surface area contributed by atoms with Gasteiger partial charge >= 0.3 is 5.97 Å². The molecule has 3 aromatic carbocycles. The Labute approximate surface area is 223 Å². The first-order valence-corrected chi connectivity index (χ1v) is 12.4. The van der Waals surface area contributed by atoms with Crippen LogP contribution in [0, 0.1) is 17.7 Å². The largest absolute Gasteiger partial charge is 0.493 e. The van der Waals surface area contributed by atoms with E-state index in [1.807, 2.05) is 24.3 Å². The van der Waals surface area contributed by atoms with Crippen molar-refractivity contribution in [3.63, 3.8) is 0 Å². The number of amides is 1. The molecule has 3 aromatic rings. The van der Waals surface area contributed by atoms with E-state index < -0.39 is 35.5 Å². The Kier molecular flexibility index (Phi) is 6.17. The molecule has 2 aliphatic heterocycles. The molecule has 0 unspecified atom stereocenters. The van der Waals surface area contributed by atoms with Gasteiger partial charge < -0.3 is 33.7 Å². The van der Waals surface area contributed by atoms with Crippen LogP contribution in [0.1, 0.15) is 39.0 Å². The number of halogens is 1. The third-order valence-corrected chi connectivity index (χ3v) is 7.61. The van der Waals surface area contributed by atoms with E-state index in [4.69, 9.17) is 28.4 Å². The number of methoxy groups -OCH3 is 3. The Morgan fingerprint density at radius 3 is 2.26 bits per heavy atom. The summed E-state index contributed by atoms with van der Waals surface area (Å²) in [7, 11) is 4.57. The zero-order chi connectivity index (χ0) is 27.3. The van der Waals surface area contributed by atoms with Gasteiger partial charge in [-0.3, -0.25) is 9.59 Å². The fraction of sp³-hybridized carbons (Fsp3) is 0.310. The van der Waals surface area contributed by atoms with Crippen LogP contribution in [0.25, 0.3) is 0 Å². The van der Waals surface area contributed by atoms with Gasteiger partial charge in [0, 0.05) is 17.4 Å². The van der Waals surface area contributed by atoms with Gasteiger partial charge in [-0.1, -0.05) is 6.07 Å². The number of carbonyl (C=O) groups is 2. The Hall–Kier alpha value is -4.47. The van der Waals surface area contributed by atoms with Gasteiger partial charge in [-0.05, 0) is 59.2 Å². The molecule has 3 aliphatic rings. The second kappa shape index (κ2) is 9.68. The zero-order valence-corrected chi connectivity index (χ0v) is 21.5. The monoisotopic (exact) mass is 535 g/mol. The fourth-order valence-corrected chi connectivity index (χ4v) is 5.88. The number of esters is 1. The van der Waals surface area contributed by atoms with Crippen LogP contribution in [0.5, 0.6) is 28.7 Å². The highest BCUT2D eigenvalue weighted by atomic mass is 19.1. The highest BCUT2D eigenvalue weighted by Gasteiger charge is 2.53. The van der Waals surface area contributed by atoms with Gasteiger partial charge in [0.2, 0.25) is 12.5 Å². The second-order valence-electron chi connectivity index (χ2n) is 9.55. The Morgan fingerprint density at radius 1 is 0.923 bits per heavy atom. The molecule has 1 saturated heterocycles. The van der Waals surface area contributed by atoms with Crippen LogP contribution in [0.3, 0.4) is 0 Å². The first-order valence-electron chi connectivity index (χ1n) is 12.4. The van der Waals surface area contributed by atoms with Gasteiger partial charge in [-0.15, -0.1) is 0 Å². The van der Waals surface area contributed by atoms with Crippen molar-refractivity contribution in [1.82, 2.24) is 5.32 Å². The van der Waals surface area contributed by atoms with Gasteiger partial charge in [0.05, 0.1) is 39.9 Å². The SMILES string of the molecule is COc1cc([C@@H]2c3cc4c(cc3[C@@H](NC(=O)c3cccc(F)c3)[C@H]3COC(=O)[C@H]23)OCO4)cc(OC)c1OC. The summed E-state index contributed by atoms with van der Waals surface area (Å²) in [4.78, 5) is 26.5. The van der Waals surface area contributed by atoms with Crippen LogP contribution in [-0.2, 0) is 9.53 Å². The minimum Gasteiger partial charge on any atom is -0.493 e. The van der Waals surface area contributed by atoms with Gasteiger partial charge in [-0.2, -0.15) is 0 Å². The Balaban J connectivity index is 1.52. The van der Waals surface area contributed by atoms with Crippen LogP contribution in [0.4, 0.5) is 4.39 Å². The highest BCUT2D eigenvalue weighted by molar-refractivity contribution is 5.94. The number of rotatable bonds is 6. The maximum absolute atomic E-state index is 13.9. The van der Waals surface area contributed by atoms with E-state index in [2.05, 4.69) is 5.32 Å². The molecule has 1 amide bonds. The topological polar surface area (TPSA) is 102 Å². The molecule has 202 valence electrons. The zero-order valence-electron chi connectivity index (χ0n) is 21.5. The van der Waals surface area contributed by atoms with Crippen LogP contribution in [0.2, 0.25) is 0 Å².